The molecule has 1 unspecified atom stereocenters. The Morgan fingerprint density at radius 1 is 1.15 bits per heavy atom. The van der Waals surface area contributed by atoms with Crippen LogP contribution >= 0.6 is 0 Å². The van der Waals surface area contributed by atoms with Crippen molar-refractivity contribution in [2.45, 2.75) is 19.4 Å². The van der Waals surface area contributed by atoms with E-state index in [2.05, 4.69) is 0 Å². The van der Waals surface area contributed by atoms with Gasteiger partial charge in [0, 0.05) is 7.05 Å². The number of carbonyl (C=O) groups is 2. The van der Waals surface area contributed by atoms with Gasteiger partial charge in [0.25, 0.3) is 0 Å². The Balaban J connectivity index is 2.15. The molecule has 0 aliphatic heterocycles. The second-order valence-electron chi connectivity index (χ2n) is 4.88. The minimum atomic E-state index is -1.00. The maximum Gasteiger partial charge on any atom is 0.326 e. The molecule has 0 aliphatic carbocycles. The van der Waals surface area contributed by atoms with Crippen LogP contribution in [0.1, 0.15) is 12.5 Å². The third kappa shape index (κ3) is 2.96. The van der Waals surface area contributed by atoms with Gasteiger partial charge in [-0.05, 0) is 23.3 Å². The summed E-state index contributed by atoms with van der Waals surface area (Å²) in [5, 5.41) is 11.1. The standard InChI is InChI=1S/C16H17NO3/c1-11(16(19)20)17(2)15(18)10-12-7-8-13-5-3-4-6-14(13)9-12/h3-9,11H,10H2,1-2H3,(H,19,20). The molecule has 0 heterocycles. The molecule has 0 aliphatic rings. The monoisotopic (exact) mass is 271 g/mol. The lowest BCUT2D eigenvalue weighted by Crippen LogP contribution is -2.41. The molecule has 2 rings (SSSR count). The van der Waals surface area contributed by atoms with Crippen molar-refractivity contribution in [3.8, 4) is 0 Å². The van der Waals surface area contributed by atoms with Crippen molar-refractivity contribution in [3.63, 3.8) is 0 Å². The van der Waals surface area contributed by atoms with Gasteiger partial charge in [0.2, 0.25) is 5.91 Å². The average Bonchev–Trinajstić information content (AvgIpc) is 2.45. The van der Waals surface area contributed by atoms with E-state index in [0.29, 0.717) is 0 Å². The van der Waals surface area contributed by atoms with E-state index in [1.807, 2.05) is 42.5 Å². The van der Waals surface area contributed by atoms with Gasteiger partial charge in [-0.2, -0.15) is 0 Å². The van der Waals surface area contributed by atoms with E-state index in [4.69, 9.17) is 5.11 Å². The molecule has 2 aromatic rings. The molecule has 1 amide bonds. The van der Waals surface area contributed by atoms with Gasteiger partial charge in [0.15, 0.2) is 0 Å². The van der Waals surface area contributed by atoms with Crippen LogP contribution in [0.25, 0.3) is 10.8 Å². The number of hydrogen-bond donors (Lipinski definition) is 1. The molecular weight excluding hydrogens is 254 g/mol. The van der Waals surface area contributed by atoms with Crippen LogP contribution in [-0.2, 0) is 16.0 Å². The van der Waals surface area contributed by atoms with E-state index < -0.39 is 12.0 Å². The first-order chi connectivity index (χ1) is 9.49. The van der Waals surface area contributed by atoms with E-state index in [1.165, 1.54) is 18.9 Å². The Labute approximate surface area is 117 Å². The van der Waals surface area contributed by atoms with Crippen LogP contribution in [0, 0.1) is 0 Å². The lowest BCUT2D eigenvalue weighted by Gasteiger charge is -2.21. The van der Waals surface area contributed by atoms with Crippen LogP contribution in [0.4, 0.5) is 0 Å². The summed E-state index contributed by atoms with van der Waals surface area (Å²) in [5.74, 6) is -1.20. The SMILES string of the molecule is CC(C(=O)O)N(C)C(=O)Cc1ccc2ccccc2c1. The van der Waals surface area contributed by atoms with Crippen LogP contribution in [0.15, 0.2) is 42.5 Å². The summed E-state index contributed by atoms with van der Waals surface area (Å²) in [4.78, 5) is 24.2. The number of likely N-dealkylation sites (N-methyl/N-ethyl adjacent to an activating group) is 1. The molecule has 0 saturated carbocycles. The van der Waals surface area contributed by atoms with Gasteiger partial charge in [-0.25, -0.2) is 4.79 Å². The number of rotatable bonds is 4. The van der Waals surface area contributed by atoms with Gasteiger partial charge in [-0.15, -0.1) is 0 Å². The van der Waals surface area contributed by atoms with Crippen molar-refractivity contribution in [1.29, 1.82) is 0 Å². The smallest absolute Gasteiger partial charge is 0.326 e. The first-order valence-electron chi connectivity index (χ1n) is 6.45. The number of carboxylic acid groups (broad SMARTS) is 1. The zero-order valence-corrected chi connectivity index (χ0v) is 11.5. The van der Waals surface area contributed by atoms with Crippen LogP contribution < -0.4 is 0 Å². The molecule has 0 fully saturated rings. The Morgan fingerprint density at radius 3 is 2.45 bits per heavy atom. The third-order valence-corrected chi connectivity index (χ3v) is 3.50. The average molecular weight is 271 g/mol. The van der Waals surface area contributed by atoms with Gasteiger partial charge in [0.05, 0.1) is 6.42 Å². The molecule has 1 N–H and O–H groups in total. The van der Waals surface area contributed by atoms with Crippen molar-refractivity contribution in [2.24, 2.45) is 0 Å². The van der Waals surface area contributed by atoms with Crippen molar-refractivity contribution in [3.05, 3.63) is 48.0 Å². The summed E-state index contributed by atoms with van der Waals surface area (Å²) in [6.07, 6.45) is 0.207. The zero-order chi connectivity index (χ0) is 14.7. The maximum atomic E-state index is 12.1. The lowest BCUT2D eigenvalue weighted by molar-refractivity contribution is -0.147. The molecule has 0 saturated heterocycles. The van der Waals surface area contributed by atoms with Crippen molar-refractivity contribution in [1.82, 2.24) is 4.90 Å². The predicted molar refractivity (Wildman–Crippen MR) is 77.5 cm³/mol. The molecular formula is C16H17NO3. The Morgan fingerprint density at radius 2 is 1.80 bits per heavy atom. The summed E-state index contributed by atoms with van der Waals surface area (Å²) >= 11 is 0. The number of nitrogens with zero attached hydrogens (tertiary/aromatic N) is 1. The minimum absolute atomic E-state index is 0.199. The van der Waals surface area contributed by atoms with Crippen LogP contribution in [0.5, 0.6) is 0 Å². The predicted octanol–water partition coefficient (Wildman–Crippen LogP) is 2.31. The summed E-state index contributed by atoms with van der Waals surface area (Å²) in [6, 6.07) is 12.9. The molecule has 104 valence electrons. The number of carboxylic acids is 1. The summed E-state index contributed by atoms with van der Waals surface area (Å²) < 4.78 is 0. The van der Waals surface area contributed by atoms with E-state index >= 15 is 0 Å². The molecule has 0 bridgehead atoms. The molecule has 0 spiro atoms. The first kappa shape index (κ1) is 14.1. The van der Waals surface area contributed by atoms with Gasteiger partial charge in [-0.3, -0.25) is 4.79 Å². The summed E-state index contributed by atoms with van der Waals surface area (Å²) in [7, 11) is 1.52. The second-order valence-corrected chi connectivity index (χ2v) is 4.88. The number of carbonyl (C=O) groups excluding carboxylic acids is 1. The Kier molecular flexibility index (Phi) is 4.03. The highest BCUT2D eigenvalue weighted by molar-refractivity contribution is 5.87. The molecule has 2 aromatic carbocycles. The number of hydrogen-bond acceptors (Lipinski definition) is 2. The number of benzene rings is 2. The molecule has 1 atom stereocenters. The van der Waals surface area contributed by atoms with E-state index in [9.17, 15) is 9.59 Å². The summed E-state index contributed by atoms with van der Waals surface area (Å²) in [5.41, 5.74) is 0.887. The largest absolute Gasteiger partial charge is 0.480 e. The topological polar surface area (TPSA) is 57.6 Å². The second kappa shape index (κ2) is 5.74. The highest BCUT2D eigenvalue weighted by atomic mass is 16.4. The highest BCUT2D eigenvalue weighted by Gasteiger charge is 2.21. The molecule has 0 aromatic heterocycles. The molecule has 4 nitrogen and oxygen atoms in total. The quantitative estimate of drug-likeness (QED) is 0.928. The van der Waals surface area contributed by atoms with Gasteiger partial charge >= 0.3 is 5.97 Å². The fraction of sp³-hybridized carbons (Fsp3) is 0.250. The zero-order valence-electron chi connectivity index (χ0n) is 11.5. The van der Waals surface area contributed by atoms with Crippen molar-refractivity contribution >= 4 is 22.6 Å². The highest BCUT2D eigenvalue weighted by Crippen LogP contribution is 2.16. The van der Waals surface area contributed by atoms with Gasteiger partial charge in [-0.1, -0.05) is 42.5 Å². The van der Waals surface area contributed by atoms with Crippen molar-refractivity contribution in [2.75, 3.05) is 7.05 Å². The Bertz CT molecular complexity index is 651. The third-order valence-electron chi connectivity index (χ3n) is 3.50. The number of aliphatic carboxylic acids is 1. The molecule has 4 heteroatoms. The van der Waals surface area contributed by atoms with E-state index in [1.54, 1.807) is 0 Å². The van der Waals surface area contributed by atoms with Crippen molar-refractivity contribution < 1.29 is 14.7 Å². The Hall–Kier alpha value is -2.36. The van der Waals surface area contributed by atoms with E-state index in [-0.39, 0.29) is 12.3 Å². The van der Waals surface area contributed by atoms with Crippen LogP contribution in [0.3, 0.4) is 0 Å². The van der Waals surface area contributed by atoms with Crippen LogP contribution in [0.2, 0.25) is 0 Å². The molecule has 0 radical (unpaired) electrons. The number of amides is 1. The number of fused-ring (bicyclic) bond motifs is 1. The van der Waals surface area contributed by atoms with Gasteiger partial charge in [0.1, 0.15) is 6.04 Å². The lowest BCUT2D eigenvalue weighted by atomic mass is 10.0. The first-order valence-corrected chi connectivity index (χ1v) is 6.45. The summed E-state index contributed by atoms with van der Waals surface area (Å²) in [6.45, 7) is 1.50. The minimum Gasteiger partial charge on any atom is -0.480 e. The normalized spacial score (nSPS) is 12.1. The van der Waals surface area contributed by atoms with Crippen LogP contribution in [-0.4, -0.2) is 35.0 Å². The maximum absolute atomic E-state index is 12.1. The van der Waals surface area contributed by atoms with Gasteiger partial charge < -0.3 is 10.0 Å². The molecule has 20 heavy (non-hydrogen) atoms. The fourth-order valence-corrected chi connectivity index (χ4v) is 2.03. The fourth-order valence-electron chi connectivity index (χ4n) is 2.03. The van der Waals surface area contributed by atoms with E-state index in [0.717, 1.165) is 16.3 Å².